The number of rotatable bonds is 2. The van der Waals surface area contributed by atoms with Gasteiger partial charge in [-0.05, 0) is 11.6 Å². The van der Waals surface area contributed by atoms with Crippen molar-refractivity contribution in [1.29, 1.82) is 5.26 Å². The van der Waals surface area contributed by atoms with Gasteiger partial charge < -0.3 is 0 Å². The summed E-state index contributed by atoms with van der Waals surface area (Å²) in [5.41, 5.74) is 0.173. The van der Waals surface area contributed by atoms with Crippen LogP contribution in [0.5, 0.6) is 0 Å². The Labute approximate surface area is 69.2 Å². The monoisotopic (exact) mass is 162 g/mol. The zero-order valence-corrected chi connectivity index (χ0v) is 6.17. The van der Waals surface area contributed by atoms with Crippen LogP contribution < -0.4 is 0 Å². The molecule has 0 heterocycles. The molecule has 0 unspecified atom stereocenters. The maximum Gasteiger partial charge on any atom is 0.203 e. The van der Waals surface area contributed by atoms with E-state index < -0.39 is 5.82 Å². The lowest BCUT2D eigenvalue weighted by Crippen LogP contribution is -1.94. The van der Waals surface area contributed by atoms with Gasteiger partial charge in [0.2, 0.25) is 6.29 Å². The van der Waals surface area contributed by atoms with E-state index >= 15 is 0 Å². The fourth-order valence-corrected chi connectivity index (χ4v) is 0.880. The highest BCUT2D eigenvalue weighted by atomic mass is 19.1. The lowest BCUT2D eigenvalue weighted by molar-refractivity contribution is 0.551. The molecule has 0 saturated heterocycles. The van der Waals surface area contributed by atoms with Gasteiger partial charge >= 0.3 is 0 Å². The lowest BCUT2D eigenvalue weighted by Gasteiger charge is -1.97. The Kier molecular flexibility index (Phi) is 2.54. The predicted octanol–water partition coefficient (Wildman–Crippen LogP) is 1.35. The van der Waals surface area contributed by atoms with Gasteiger partial charge in [0.25, 0.3) is 0 Å². The Morgan fingerprint density at radius 1 is 1.50 bits per heavy atom. The zero-order valence-electron chi connectivity index (χ0n) is 6.17. The third-order valence-electron chi connectivity index (χ3n) is 1.46. The highest BCUT2D eigenvalue weighted by molar-refractivity contribution is 5.56. The maximum atomic E-state index is 13.1. The van der Waals surface area contributed by atoms with Crippen molar-refractivity contribution in [3.05, 3.63) is 35.1 Å². The van der Waals surface area contributed by atoms with E-state index in [0.29, 0.717) is 0 Å². The largest absolute Gasteiger partial charge is 0.291 e. The number of hydrogen-bond acceptors (Lipinski definition) is 2. The Balaban J connectivity index is 3.15. The van der Waals surface area contributed by atoms with Crippen molar-refractivity contribution < 1.29 is 9.18 Å². The number of benzene rings is 1. The Hall–Kier alpha value is -1.69. The molecule has 0 saturated carbocycles. The molecular weight excluding hydrogens is 157 g/mol. The molecule has 1 aromatic carbocycles. The summed E-state index contributed by atoms with van der Waals surface area (Å²) in [6.07, 6.45) is 1.47. The fraction of sp³-hybridized carbons (Fsp3) is 0.111. The number of carbonyl (C=O) groups excluding carboxylic acids is 1. The van der Waals surface area contributed by atoms with Gasteiger partial charge in [-0.1, -0.05) is 12.1 Å². The van der Waals surface area contributed by atoms with E-state index in [1.165, 1.54) is 18.2 Å². The first-order chi connectivity index (χ1) is 5.79. The molecule has 0 atom stereocenters. The molecule has 0 bridgehead atoms. The van der Waals surface area contributed by atoms with Gasteiger partial charge in [0.05, 0.1) is 5.56 Å². The van der Waals surface area contributed by atoms with Crippen LogP contribution in [0.3, 0.4) is 0 Å². The molecule has 0 aliphatic carbocycles. The number of hydrogen-bond donors (Lipinski definition) is 0. The average Bonchev–Trinajstić information content (AvgIpc) is 2.09. The second-order valence-electron chi connectivity index (χ2n) is 2.21. The molecule has 2 nitrogen and oxygen atoms in total. The van der Waals surface area contributed by atoms with E-state index in [1.807, 2.05) is 0 Å². The van der Waals surface area contributed by atoms with Gasteiger partial charge in [-0.25, -0.2) is 4.39 Å². The maximum absolute atomic E-state index is 13.1. The Morgan fingerprint density at radius 2 is 2.25 bits per heavy atom. The highest BCUT2D eigenvalue weighted by Gasteiger charge is 2.05. The summed E-state index contributed by atoms with van der Waals surface area (Å²) >= 11 is 0. The van der Waals surface area contributed by atoms with Crippen LogP contribution in [0.25, 0.3) is 0 Å². The summed E-state index contributed by atoms with van der Waals surface area (Å²) in [4.78, 5) is 9.95. The summed E-state index contributed by atoms with van der Waals surface area (Å²) < 4.78 is 13.1. The van der Waals surface area contributed by atoms with Crippen LogP contribution in [0.4, 0.5) is 4.39 Å². The molecule has 1 aromatic rings. The van der Waals surface area contributed by atoms with Crippen LogP contribution in [-0.4, -0.2) is 6.29 Å². The van der Waals surface area contributed by atoms with E-state index in [1.54, 1.807) is 12.4 Å². The minimum absolute atomic E-state index is 0.0391. The Morgan fingerprint density at radius 3 is 2.83 bits per heavy atom. The van der Waals surface area contributed by atoms with Crippen molar-refractivity contribution in [3.8, 4) is 6.07 Å². The van der Waals surface area contributed by atoms with Crippen LogP contribution in [0.15, 0.2) is 18.2 Å². The van der Waals surface area contributed by atoms with Crippen molar-refractivity contribution in [1.82, 2.24) is 0 Å². The van der Waals surface area contributed by atoms with Gasteiger partial charge in [0.15, 0.2) is 0 Å². The quantitative estimate of drug-likeness (QED) is 0.658. The molecule has 0 N–H and O–H groups in total. The number of nitriles is 1. The minimum atomic E-state index is -0.622. The van der Waals surface area contributed by atoms with Crippen molar-refractivity contribution in [3.63, 3.8) is 0 Å². The van der Waals surface area contributed by atoms with Crippen molar-refractivity contribution in [2.24, 2.45) is 0 Å². The fourth-order valence-electron chi connectivity index (χ4n) is 0.880. The topological polar surface area (TPSA) is 40.9 Å². The van der Waals surface area contributed by atoms with E-state index in [2.05, 4.69) is 0 Å². The van der Waals surface area contributed by atoms with Gasteiger partial charge in [-0.15, -0.1) is 0 Å². The zero-order chi connectivity index (χ0) is 8.97. The highest BCUT2D eigenvalue weighted by Crippen LogP contribution is 2.11. The van der Waals surface area contributed by atoms with Crippen molar-refractivity contribution >= 4 is 6.29 Å². The van der Waals surface area contributed by atoms with Gasteiger partial charge in [-0.3, -0.25) is 4.79 Å². The second-order valence-corrected chi connectivity index (χ2v) is 2.21. The predicted molar refractivity (Wildman–Crippen MR) is 40.5 cm³/mol. The molecule has 0 aromatic heterocycles. The smallest absolute Gasteiger partial charge is 0.203 e. The first kappa shape index (κ1) is 8.41. The number of halogens is 1. The summed E-state index contributed by atoms with van der Waals surface area (Å²) in [7, 11) is 0. The summed E-state index contributed by atoms with van der Waals surface area (Å²) in [6, 6.07) is 6.05. The van der Waals surface area contributed by atoms with Crippen LogP contribution in [0.2, 0.25) is 0 Å². The lowest BCUT2D eigenvalue weighted by atomic mass is 10.1. The molecule has 0 aliphatic heterocycles. The molecule has 1 rings (SSSR count). The van der Waals surface area contributed by atoms with Crippen molar-refractivity contribution in [2.45, 2.75) is 6.42 Å². The molecule has 0 aliphatic rings. The Bertz CT molecular complexity index is 341. The average molecular weight is 162 g/mol. The van der Waals surface area contributed by atoms with Gasteiger partial charge in [-0.2, -0.15) is 5.26 Å². The van der Waals surface area contributed by atoms with Gasteiger partial charge in [0.1, 0.15) is 11.9 Å². The normalized spacial score (nSPS) is 9.00. The molecule has 59 valence electrons. The number of nitrogens with zero attached hydrogens (tertiary/aromatic N) is 1. The van der Waals surface area contributed by atoms with Crippen molar-refractivity contribution in [2.75, 3.05) is 0 Å². The minimum Gasteiger partial charge on any atom is -0.291 e. The van der Waals surface area contributed by atoms with E-state index in [4.69, 9.17) is 5.26 Å². The molecule has 12 heavy (non-hydrogen) atoms. The third-order valence-corrected chi connectivity index (χ3v) is 1.46. The van der Waals surface area contributed by atoms with Gasteiger partial charge in [0, 0.05) is 6.42 Å². The standard InChI is InChI=1S/C9H5FNO/c10-9-7(4-5-12)2-1-3-8(9)6-11/h1-3H,4H2. The van der Waals surface area contributed by atoms with E-state index in [-0.39, 0.29) is 17.5 Å². The van der Waals surface area contributed by atoms with Crippen LogP contribution in [-0.2, 0) is 11.2 Å². The van der Waals surface area contributed by atoms with Crippen LogP contribution >= 0.6 is 0 Å². The van der Waals surface area contributed by atoms with Crippen LogP contribution in [0, 0.1) is 17.1 Å². The summed E-state index contributed by atoms with van der Waals surface area (Å²) in [5.74, 6) is -0.622. The molecule has 3 heteroatoms. The second kappa shape index (κ2) is 3.63. The summed E-state index contributed by atoms with van der Waals surface area (Å²) in [5, 5.41) is 8.42. The SMILES string of the molecule is N#Cc1cccc(C[C]=O)c1F. The van der Waals surface area contributed by atoms with Crippen LogP contribution in [0.1, 0.15) is 11.1 Å². The molecule has 1 radical (unpaired) electrons. The molecule has 0 fully saturated rings. The molecular formula is C9H5FNO. The third kappa shape index (κ3) is 1.48. The van der Waals surface area contributed by atoms with E-state index in [0.717, 1.165) is 0 Å². The molecule has 0 amide bonds. The first-order valence-electron chi connectivity index (χ1n) is 3.32. The summed E-state index contributed by atoms with van der Waals surface area (Å²) in [6.45, 7) is 0. The first-order valence-corrected chi connectivity index (χ1v) is 3.32. The molecule has 0 spiro atoms. The van der Waals surface area contributed by atoms with E-state index in [9.17, 15) is 9.18 Å².